The molecule has 2 aromatic rings. The van der Waals surface area contributed by atoms with Gasteiger partial charge in [0.1, 0.15) is 0 Å². The number of aromatic nitrogens is 2. The van der Waals surface area contributed by atoms with Crippen LogP contribution >= 0.6 is 0 Å². The maximum Gasteiger partial charge on any atom is 0.0948 e. The van der Waals surface area contributed by atoms with Crippen molar-refractivity contribution in [1.82, 2.24) is 9.55 Å². The Morgan fingerprint density at radius 1 is 1.24 bits per heavy atom. The third-order valence-electron chi connectivity index (χ3n) is 4.26. The summed E-state index contributed by atoms with van der Waals surface area (Å²) in [6.07, 6.45) is 12.9. The molecule has 0 radical (unpaired) electrons. The zero-order valence-corrected chi connectivity index (χ0v) is 12.4. The van der Waals surface area contributed by atoms with Gasteiger partial charge in [0.15, 0.2) is 0 Å². The third kappa shape index (κ3) is 3.61. The van der Waals surface area contributed by atoms with Gasteiger partial charge in [0.2, 0.25) is 0 Å². The van der Waals surface area contributed by atoms with Crippen molar-refractivity contribution in [1.29, 1.82) is 0 Å². The zero-order valence-electron chi connectivity index (χ0n) is 12.4. The van der Waals surface area contributed by atoms with Gasteiger partial charge >= 0.3 is 0 Å². The van der Waals surface area contributed by atoms with Crippen LogP contribution in [0.3, 0.4) is 0 Å². The van der Waals surface area contributed by atoms with Crippen molar-refractivity contribution in [3.05, 3.63) is 66.3 Å². The van der Waals surface area contributed by atoms with Crippen LogP contribution < -0.4 is 5.73 Å². The van der Waals surface area contributed by atoms with E-state index in [4.69, 9.17) is 5.73 Å². The molecular formula is C18H23N3. The van der Waals surface area contributed by atoms with Gasteiger partial charge in [0.25, 0.3) is 0 Å². The molecule has 0 fully saturated rings. The highest BCUT2D eigenvalue weighted by atomic mass is 15.1. The predicted molar refractivity (Wildman–Crippen MR) is 85.8 cm³/mol. The number of allylic oxidation sites excluding steroid dienone is 2. The molecule has 2 atom stereocenters. The Morgan fingerprint density at radius 2 is 2.10 bits per heavy atom. The number of imidazole rings is 1. The maximum atomic E-state index is 6.40. The maximum absolute atomic E-state index is 6.40. The minimum atomic E-state index is 0.00836. The average Bonchev–Trinajstić information content (AvgIpc) is 2.97. The van der Waals surface area contributed by atoms with Crippen LogP contribution in [0.4, 0.5) is 0 Å². The molecule has 21 heavy (non-hydrogen) atoms. The minimum Gasteiger partial charge on any atom is -0.333 e. The normalized spacial score (nSPS) is 19.6. The highest BCUT2D eigenvalue weighted by molar-refractivity contribution is 5.18. The van der Waals surface area contributed by atoms with Crippen molar-refractivity contribution >= 4 is 0 Å². The molecule has 0 spiro atoms. The molecule has 110 valence electrons. The lowest BCUT2D eigenvalue weighted by Crippen LogP contribution is -2.20. The summed E-state index contributed by atoms with van der Waals surface area (Å²) in [5, 5.41) is 0. The van der Waals surface area contributed by atoms with Crippen molar-refractivity contribution in [3.8, 4) is 0 Å². The Hall–Kier alpha value is -1.87. The van der Waals surface area contributed by atoms with E-state index in [0.29, 0.717) is 5.92 Å². The molecule has 1 aliphatic rings. The third-order valence-corrected chi connectivity index (χ3v) is 4.26. The van der Waals surface area contributed by atoms with Gasteiger partial charge in [-0.15, -0.1) is 0 Å². The highest BCUT2D eigenvalue weighted by Crippen LogP contribution is 2.23. The Labute approximate surface area is 126 Å². The zero-order chi connectivity index (χ0) is 14.5. The van der Waals surface area contributed by atoms with Gasteiger partial charge < -0.3 is 10.3 Å². The first-order chi connectivity index (χ1) is 10.3. The topological polar surface area (TPSA) is 43.8 Å². The second kappa shape index (κ2) is 6.72. The lowest BCUT2D eigenvalue weighted by atomic mass is 9.94. The summed E-state index contributed by atoms with van der Waals surface area (Å²) in [4.78, 5) is 4.32. The van der Waals surface area contributed by atoms with E-state index >= 15 is 0 Å². The first-order valence-electron chi connectivity index (χ1n) is 7.77. The summed E-state index contributed by atoms with van der Waals surface area (Å²) in [5.41, 5.74) is 8.83. The Bertz CT molecular complexity index is 586. The molecule has 0 aliphatic heterocycles. The molecule has 1 aliphatic carbocycles. The van der Waals surface area contributed by atoms with Gasteiger partial charge in [0, 0.05) is 12.7 Å². The van der Waals surface area contributed by atoms with E-state index in [1.165, 1.54) is 24.8 Å². The number of hydrogen-bond acceptors (Lipinski definition) is 2. The van der Waals surface area contributed by atoms with Crippen molar-refractivity contribution in [2.45, 2.75) is 38.3 Å². The first kappa shape index (κ1) is 14.1. The fourth-order valence-electron chi connectivity index (χ4n) is 3.07. The van der Waals surface area contributed by atoms with E-state index in [1.807, 2.05) is 18.6 Å². The second-order valence-corrected chi connectivity index (χ2v) is 5.92. The number of nitrogens with two attached hydrogens (primary N) is 1. The van der Waals surface area contributed by atoms with Crippen molar-refractivity contribution in [2.75, 3.05) is 0 Å². The lowest BCUT2D eigenvalue weighted by Gasteiger charge is -2.21. The molecule has 1 heterocycles. The summed E-state index contributed by atoms with van der Waals surface area (Å²) in [6.45, 7) is 1.03. The Kier molecular flexibility index (Phi) is 4.51. The van der Waals surface area contributed by atoms with Crippen LogP contribution in [0.25, 0.3) is 0 Å². The van der Waals surface area contributed by atoms with Crippen LogP contribution in [0.1, 0.15) is 36.6 Å². The van der Waals surface area contributed by atoms with Gasteiger partial charge in [-0.2, -0.15) is 0 Å². The second-order valence-electron chi connectivity index (χ2n) is 5.92. The van der Waals surface area contributed by atoms with Crippen molar-refractivity contribution < 1.29 is 0 Å². The smallest absolute Gasteiger partial charge is 0.0948 e. The molecule has 0 saturated heterocycles. The lowest BCUT2D eigenvalue weighted by molar-refractivity contribution is 0.399. The van der Waals surface area contributed by atoms with Gasteiger partial charge in [-0.1, -0.05) is 42.5 Å². The number of benzene rings is 1. The van der Waals surface area contributed by atoms with Crippen molar-refractivity contribution in [3.63, 3.8) is 0 Å². The molecule has 0 amide bonds. The molecule has 1 unspecified atom stereocenters. The summed E-state index contributed by atoms with van der Waals surface area (Å²) in [5.74, 6) is 0.715. The van der Waals surface area contributed by atoms with Gasteiger partial charge in [0.05, 0.1) is 18.1 Å². The van der Waals surface area contributed by atoms with Crippen LogP contribution in [-0.2, 0) is 13.0 Å². The molecule has 2 N–H and O–H groups in total. The van der Waals surface area contributed by atoms with Crippen LogP contribution in [-0.4, -0.2) is 9.55 Å². The SMILES string of the molecule is N[C@H](Cc1ccccc1)c1cncn1CC1CC=CCC1. The van der Waals surface area contributed by atoms with E-state index < -0.39 is 0 Å². The van der Waals surface area contributed by atoms with Crippen LogP contribution in [0, 0.1) is 5.92 Å². The molecule has 0 bridgehead atoms. The standard InChI is InChI=1S/C18H23N3/c19-17(11-15-7-3-1-4-8-15)18-12-20-14-21(18)13-16-9-5-2-6-10-16/h1-5,7-8,12,14,16-17H,6,9-11,13,19H2/t16?,17-/m1/s1. The van der Waals surface area contributed by atoms with Crippen molar-refractivity contribution in [2.24, 2.45) is 11.7 Å². The Morgan fingerprint density at radius 3 is 2.86 bits per heavy atom. The van der Waals surface area contributed by atoms with E-state index in [2.05, 4.69) is 46.0 Å². The molecule has 1 aromatic heterocycles. The monoisotopic (exact) mass is 281 g/mol. The van der Waals surface area contributed by atoms with Gasteiger partial charge in [-0.05, 0) is 37.2 Å². The van der Waals surface area contributed by atoms with Gasteiger partial charge in [-0.3, -0.25) is 0 Å². The molecule has 0 saturated carbocycles. The molecular weight excluding hydrogens is 258 g/mol. The molecule has 3 rings (SSSR count). The quantitative estimate of drug-likeness (QED) is 0.853. The highest BCUT2D eigenvalue weighted by Gasteiger charge is 2.16. The summed E-state index contributed by atoms with van der Waals surface area (Å²) in [6, 6.07) is 10.4. The van der Waals surface area contributed by atoms with E-state index in [0.717, 1.165) is 18.7 Å². The average molecular weight is 281 g/mol. The van der Waals surface area contributed by atoms with E-state index in [9.17, 15) is 0 Å². The number of nitrogens with zero attached hydrogens (tertiary/aromatic N) is 2. The summed E-state index contributed by atoms with van der Waals surface area (Å²) >= 11 is 0. The molecule has 3 heteroatoms. The Balaban J connectivity index is 1.68. The van der Waals surface area contributed by atoms with Gasteiger partial charge in [-0.25, -0.2) is 4.98 Å². The van der Waals surface area contributed by atoms with E-state index in [-0.39, 0.29) is 6.04 Å². The van der Waals surface area contributed by atoms with Crippen LogP contribution in [0.2, 0.25) is 0 Å². The molecule has 1 aromatic carbocycles. The predicted octanol–water partition coefficient (Wildman–Crippen LogP) is 3.48. The van der Waals surface area contributed by atoms with Crippen LogP contribution in [0.15, 0.2) is 55.0 Å². The number of hydrogen-bond donors (Lipinski definition) is 1. The first-order valence-corrected chi connectivity index (χ1v) is 7.77. The van der Waals surface area contributed by atoms with Crippen LogP contribution in [0.5, 0.6) is 0 Å². The summed E-state index contributed by atoms with van der Waals surface area (Å²) < 4.78 is 2.25. The fraction of sp³-hybridized carbons (Fsp3) is 0.389. The number of rotatable bonds is 5. The minimum absolute atomic E-state index is 0.00836. The largest absolute Gasteiger partial charge is 0.333 e. The van der Waals surface area contributed by atoms with E-state index in [1.54, 1.807) is 0 Å². The summed E-state index contributed by atoms with van der Waals surface area (Å²) in [7, 11) is 0. The fourth-order valence-corrected chi connectivity index (χ4v) is 3.07. The molecule has 3 nitrogen and oxygen atoms in total.